The van der Waals surface area contributed by atoms with Crippen molar-refractivity contribution >= 4 is 16.0 Å². The molecule has 0 spiro atoms. The minimum Gasteiger partial charge on any atom is -0.480 e. The first-order valence-corrected chi connectivity index (χ1v) is 7.21. The maximum atomic E-state index is 12.2. The lowest BCUT2D eigenvalue weighted by molar-refractivity contribution is -0.137. The fourth-order valence-electron chi connectivity index (χ4n) is 1.55. The highest BCUT2D eigenvalue weighted by Gasteiger charge is 2.24. The molecule has 0 aliphatic heterocycles. The topological polar surface area (TPSA) is 113 Å². The van der Waals surface area contributed by atoms with E-state index in [1.54, 1.807) is 6.92 Å². The van der Waals surface area contributed by atoms with Gasteiger partial charge in [0.05, 0.1) is 6.20 Å². The van der Waals surface area contributed by atoms with E-state index in [1.807, 2.05) is 0 Å². The molecule has 1 heterocycles. The Labute approximate surface area is 111 Å². The van der Waals surface area contributed by atoms with Gasteiger partial charge < -0.3 is 10.2 Å². The molecule has 0 unspecified atom stereocenters. The Morgan fingerprint density at radius 3 is 2.74 bits per heavy atom. The van der Waals surface area contributed by atoms with Gasteiger partial charge in [0.2, 0.25) is 10.0 Å². The van der Waals surface area contributed by atoms with Crippen LogP contribution in [0.2, 0.25) is 0 Å². The number of aliphatic hydroxyl groups is 1. The van der Waals surface area contributed by atoms with E-state index in [1.165, 1.54) is 10.5 Å². The van der Waals surface area contributed by atoms with Crippen molar-refractivity contribution in [2.24, 2.45) is 0 Å². The summed E-state index contributed by atoms with van der Waals surface area (Å²) in [5, 5.41) is 21.0. The lowest BCUT2D eigenvalue weighted by atomic mass is 10.4. The molecular weight excluding hydrogens is 274 g/mol. The van der Waals surface area contributed by atoms with Crippen molar-refractivity contribution in [2.75, 3.05) is 19.7 Å². The van der Waals surface area contributed by atoms with Crippen molar-refractivity contribution in [2.45, 2.75) is 24.8 Å². The lowest BCUT2D eigenvalue weighted by Crippen LogP contribution is -2.32. The largest absolute Gasteiger partial charge is 0.480 e. The summed E-state index contributed by atoms with van der Waals surface area (Å²) in [4.78, 5) is 10.5. The van der Waals surface area contributed by atoms with Crippen LogP contribution in [0.5, 0.6) is 0 Å². The number of carboxylic acid groups (broad SMARTS) is 1. The van der Waals surface area contributed by atoms with Crippen molar-refractivity contribution in [1.82, 2.24) is 14.1 Å². The van der Waals surface area contributed by atoms with E-state index in [2.05, 4.69) is 5.10 Å². The van der Waals surface area contributed by atoms with Crippen molar-refractivity contribution in [3.8, 4) is 0 Å². The smallest absolute Gasteiger partial charge is 0.325 e. The van der Waals surface area contributed by atoms with Gasteiger partial charge in [-0.2, -0.15) is 9.40 Å². The highest BCUT2D eigenvalue weighted by atomic mass is 32.2. The minimum absolute atomic E-state index is 0.0476. The van der Waals surface area contributed by atoms with Gasteiger partial charge in [0.1, 0.15) is 11.4 Å². The summed E-state index contributed by atoms with van der Waals surface area (Å²) in [6, 6.07) is 0. The first-order chi connectivity index (χ1) is 8.91. The second-order valence-corrected chi connectivity index (χ2v) is 5.78. The van der Waals surface area contributed by atoms with Gasteiger partial charge in [-0.3, -0.25) is 9.48 Å². The van der Waals surface area contributed by atoms with Gasteiger partial charge in [0.25, 0.3) is 0 Å². The monoisotopic (exact) mass is 291 g/mol. The zero-order valence-electron chi connectivity index (χ0n) is 10.6. The molecule has 0 saturated heterocycles. The van der Waals surface area contributed by atoms with Crippen LogP contribution in [0.3, 0.4) is 0 Å². The maximum absolute atomic E-state index is 12.2. The summed E-state index contributed by atoms with van der Waals surface area (Å²) >= 11 is 0. The van der Waals surface area contributed by atoms with E-state index < -0.39 is 22.5 Å². The molecule has 0 atom stereocenters. The standard InChI is InChI=1S/C10H17N3O5S/c1-2-13(4-3-5-14)19(17,18)9-6-11-12(7-9)8-10(15)16/h6-7,14H,2-5,8H2,1H3,(H,15,16). The minimum atomic E-state index is -3.69. The third kappa shape index (κ3) is 4.01. The molecule has 0 aromatic carbocycles. The summed E-state index contributed by atoms with van der Waals surface area (Å²) in [6.07, 6.45) is 2.65. The molecule has 0 fully saturated rings. The van der Waals surface area contributed by atoms with Gasteiger partial charge in [0, 0.05) is 25.9 Å². The number of hydrogen-bond donors (Lipinski definition) is 2. The zero-order valence-corrected chi connectivity index (χ0v) is 11.4. The normalized spacial score (nSPS) is 11.9. The molecule has 19 heavy (non-hydrogen) atoms. The number of aromatic nitrogens is 2. The van der Waals surface area contributed by atoms with Crippen molar-refractivity contribution < 1.29 is 23.4 Å². The summed E-state index contributed by atoms with van der Waals surface area (Å²) in [5.41, 5.74) is 0. The van der Waals surface area contributed by atoms with Gasteiger partial charge in [-0.15, -0.1) is 0 Å². The number of aliphatic hydroxyl groups excluding tert-OH is 1. The number of carbonyl (C=O) groups is 1. The third-order valence-electron chi connectivity index (χ3n) is 2.46. The maximum Gasteiger partial charge on any atom is 0.325 e. The molecule has 2 N–H and O–H groups in total. The Morgan fingerprint density at radius 1 is 1.53 bits per heavy atom. The predicted octanol–water partition coefficient (Wildman–Crippen LogP) is -0.639. The van der Waals surface area contributed by atoms with Gasteiger partial charge in [-0.05, 0) is 6.42 Å². The molecule has 0 saturated carbocycles. The van der Waals surface area contributed by atoms with Crippen LogP contribution in [0.1, 0.15) is 13.3 Å². The molecule has 8 nitrogen and oxygen atoms in total. The van der Waals surface area contributed by atoms with Crippen LogP contribution in [-0.4, -0.2) is 58.4 Å². The van der Waals surface area contributed by atoms with E-state index in [9.17, 15) is 13.2 Å². The number of nitrogens with zero attached hydrogens (tertiary/aromatic N) is 3. The number of hydrogen-bond acceptors (Lipinski definition) is 5. The van der Waals surface area contributed by atoms with Crippen LogP contribution in [0.25, 0.3) is 0 Å². The van der Waals surface area contributed by atoms with Crippen LogP contribution >= 0.6 is 0 Å². The Hall–Kier alpha value is -1.45. The number of rotatable bonds is 8. The number of carboxylic acids is 1. The van der Waals surface area contributed by atoms with E-state index in [0.717, 1.165) is 10.9 Å². The number of aliphatic carboxylic acids is 1. The average Bonchev–Trinajstić information content (AvgIpc) is 2.78. The molecule has 108 valence electrons. The number of sulfonamides is 1. The molecule has 1 aromatic rings. The molecule has 0 bridgehead atoms. The van der Waals surface area contributed by atoms with E-state index in [4.69, 9.17) is 10.2 Å². The molecule has 9 heteroatoms. The Morgan fingerprint density at radius 2 is 2.21 bits per heavy atom. The fourth-order valence-corrected chi connectivity index (χ4v) is 2.99. The lowest BCUT2D eigenvalue weighted by Gasteiger charge is -2.18. The molecule has 0 aliphatic carbocycles. The average molecular weight is 291 g/mol. The second kappa shape index (κ2) is 6.64. The first kappa shape index (κ1) is 15.6. The Bertz CT molecular complexity index is 525. The van der Waals surface area contributed by atoms with Crippen LogP contribution < -0.4 is 0 Å². The summed E-state index contributed by atoms with van der Waals surface area (Å²) in [6.45, 7) is 1.69. The summed E-state index contributed by atoms with van der Waals surface area (Å²) in [7, 11) is -3.69. The molecule has 0 radical (unpaired) electrons. The predicted molar refractivity (Wildman–Crippen MR) is 66.0 cm³/mol. The first-order valence-electron chi connectivity index (χ1n) is 5.77. The SMILES string of the molecule is CCN(CCCO)S(=O)(=O)c1cnn(CC(=O)O)c1. The Balaban J connectivity index is 2.91. The quantitative estimate of drug-likeness (QED) is 0.659. The van der Waals surface area contributed by atoms with Crippen LogP contribution in [0, 0.1) is 0 Å². The fraction of sp³-hybridized carbons (Fsp3) is 0.600. The van der Waals surface area contributed by atoms with E-state index in [-0.39, 0.29) is 24.6 Å². The van der Waals surface area contributed by atoms with E-state index >= 15 is 0 Å². The summed E-state index contributed by atoms with van der Waals surface area (Å²) < 4.78 is 26.7. The van der Waals surface area contributed by atoms with Crippen LogP contribution in [0.15, 0.2) is 17.3 Å². The highest BCUT2D eigenvalue weighted by Crippen LogP contribution is 2.14. The van der Waals surface area contributed by atoms with Gasteiger partial charge in [-0.1, -0.05) is 6.92 Å². The van der Waals surface area contributed by atoms with Crippen LogP contribution in [0.4, 0.5) is 0 Å². The Kier molecular flexibility index (Phi) is 5.45. The third-order valence-corrected chi connectivity index (χ3v) is 4.39. The molecule has 1 aromatic heterocycles. The van der Waals surface area contributed by atoms with Crippen LogP contribution in [-0.2, 0) is 21.4 Å². The zero-order chi connectivity index (χ0) is 14.5. The molecular formula is C10H17N3O5S. The highest BCUT2D eigenvalue weighted by molar-refractivity contribution is 7.89. The van der Waals surface area contributed by atoms with Gasteiger partial charge in [0.15, 0.2) is 0 Å². The van der Waals surface area contributed by atoms with Gasteiger partial charge >= 0.3 is 5.97 Å². The molecule has 0 amide bonds. The van der Waals surface area contributed by atoms with Crippen molar-refractivity contribution in [3.63, 3.8) is 0 Å². The molecule has 0 aliphatic rings. The summed E-state index contributed by atoms with van der Waals surface area (Å²) in [5.74, 6) is -1.10. The second-order valence-electron chi connectivity index (χ2n) is 3.84. The van der Waals surface area contributed by atoms with Gasteiger partial charge in [-0.25, -0.2) is 8.42 Å². The molecule has 1 rings (SSSR count). The van der Waals surface area contributed by atoms with E-state index in [0.29, 0.717) is 6.42 Å². The van der Waals surface area contributed by atoms with Crippen molar-refractivity contribution in [3.05, 3.63) is 12.4 Å². The van der Waals surface area contributed by atoms with Crippen molar-refractivity contribution in [1.29, 1.82) is 0 Å².